The number of aromatic nitrogens is 1. The second-order valence-corrected chi connectivity index (χ2v) is 5.64. The maximum atomic E-state index is 12.0. The number of hydrogen-bond donors (Lipinski definition) is 2. The number of nitrogens with zero attached hydrogens (tertiary/aromatic N) is 1. The van der Waals surface area contributed by atoms with Crippen LogP contribution in [-0.4, -0.2) is 42.1 Å². The molecule has 0 aliphatic carbocycles. The zero-order chi connectivity index (χ0) is 15.4. The second-order valence-electron chi connectivity index (χ2n) is 5.23. The van der Waals surface area contributed by atoms with E-state index in [0.717, 1.165) is 38.4 Å². The van der Waals surface area contributed by atoms with E-state index in [9.17, 15) is 4.79 Å². The third-order valence-electron chi connectivity index (χ3n) is 3.65. The number of halogens is 1. The Morgan fingerprint density at radius 1 is 1.32 bits per heavy atom. The van der Waals surface area contributed by atoms with E-state index >= 15 is 0 Å². The molecule has 0 bridgehead atoms. The van der Waals surface area contributed by atoms with Crippen LogP contribution in [0, 0.1) is 0 Å². The van der Waals surface area contributed by atoms with Crippen molar-refractivity contribution in [3.8, 4) is 0 Å². The summed E-state index contributed by atoms with van der Waals surface area (Å²) in [6, 6.07) is 9.14. The van der Waals surface area contributed by atoms with Gasteiger partial charge in [0.15, 0.2) is 0 Å². The number of anilines is 1. The maximum absolute atomic E-state index is 12.0. The van der Waals surface area contributed by atoms with Gasteiger partial charge in [-0.05, 0) is 29.8 Å². The molecule has 2 aromatic rings. The van der Waals surface area contributed by atoms with Gasteiger partial charge in [0, 0.05) is 36.5 Å². The summed E-state index contributed by atoms with van der Waals surface area (Å²) in [4.78, 5) is 17.2. The van der Waals surface area contributed by atoms with E-state index in [2.05, 4.69) is 15.2 Å². The number of benzene rings is 1. The van der Waals surface area contributed by atoms with Gasteiger partial charge in [0.05, 0.1) is 13.2 Å². The molecule has 1 aromatic heterocycles. The van der Waals surface area contributed by atoms with Gasteiger partial charge in [-0.25, -0.2) is 0 Å². The minimum absolute atomic E-state index is 0.179. The van der Waals surface area contributed by atoms with Crippen molar-refractivity contribution in [3.05, 3.63) is 52.8 Å². The normalized spacial score (nSPS) is 15.7. The smallest absolute Gasteiger partial charge is 0.272 e. The Labute approximate surface area is 134 Å². The number of morpholine rings is 1. The van der Waals surface area contributed by atoms with Gasteiger partial charge in [0.2, 0.25) is 0 Å². The molecule has 0 saturated carbocycles. The first kappa shape index (κ1) is 15.1. The largest absolute Gasteiger partial charge is 0.379 e. The van der Waals surface area contributed by atoms with Gasteiger partial charge < -0.3 is 15.0 Å². The highest BCUT2D eigenvalue weighted by Gasteiger charge is 2.13. The van der Waals surface area contributed by atoms with E-state index in [-0.39, 0.29) is 5.91 Å². The van der Waals surface area contributed by atoms with Gasteiger partial charge in [-0.3, -0.25) is 9.69 Å². The molecule has 3 rings (SSSR count). The van der Waals surface area contributed by atoms with Gasteiger partial charge in [-0.15, -0.1) is 0 Å². The van der Waals surface area contributed by atoms with Crippen molar-refractivity contribution in [1.29, 1.82) is 0 Å². The highest BCUT2D eigenvalue weighted by Crippen LogP contribution is 2.23. The molecule has 1 saturated heterocycles. The molecule has 2 N–H and O–H groups in total. The fourth-order valence-electron chi connectivity index (χ4n) is 2.42. The van der Waals surface area contributed by atoms with Crippen molar-refractivity contribution in [2.75, 3.05) is 31.6 Å². The van der Waals surface area contributed by atoms with Crippen LogP contribution in [0.1, 0.15) is 16.1 Å². The molecule has 6 heteroatoms. The number of amides is 1. The van der Waals surface area contributed by atoms with Gasteiger partial charge in [-0.1, -0.05) is 17.7 Å². The summed E-state index contributed by atoms with van der Waals surface area (Å²) in [5, 5.41) is 3.49. The van der Waals surface area contributed by atoms with Crippen LogP contribution in [0.2, 0.25) is 5.02 Å². The fourth-order valence-corrected chi connectivity index (χ4v) is 2.66. The van der Waals surface area contributed by atoms with Crippen molar-refractivity contribution >= 4 is 23.2 Å². The van der Waals surface area contributed by atoms with Gasteiger partial charge in [0.1, 0.15) is 5.69 Å². The summed E-state index contributed by atoms with van der Waals surface area (Å²) >= 11 is 6.34. The lowest BCUT2D eigenvalue weighted by Gasteiger charge is -2.27. The lowest BCUT2D eigenvalue weighted by Crippen LogP contribution is -2.35. The molecule has 2 heterocycles. The van der Waals surface area contributed by atoms with E-state index < -0.39 is 0 Å². The van der Waals surface area contributed by atoms with Gasteiger partial charge in [0.25, 0.3) is 5.91 Å². The molecule has 1 aliphatic rings. The number of rotatable bonds is 4. The van der Waals surface area contributed by atoms with Crippen LogP contribution in [0.25, 0.3) is 0 Å². The quantitative estimate of drug-likeness (QED) is 0.911. The van der Waals surface area contributed by atoms with Crippen molar-refractivity contribution in [3.63, 3.8) is 0 Å². The highest BCUT2D eigenvalue weighted by atomic mass is 35.5. The molecule has 1 aromatic carbocycles. The molecular weight excluding hydrogens is 302 g/mol. The van der Waals surface area contributed by atoms with Crippen molar-refractivity contribution in [2.24, 2.45) is 0 Å². The standard InChI is InChI=1S/C16H18ClN3O2/c17-14-10-13(19-16(21)15-2-1-5-18-15)4-3-12(14)11-20-6-8-22-9-7-20/h1-5,10,18H,6-9,11H2,(H,19,21). The average Bonchev–Trinajstić information content (AvgIpc) is 3.05. The van der Waals surface area contributed by atoms with Crippen LogP contribution in [-0.2, 0) is 11.3 Å². The minimum Gasteiger partial charge on any atom is -0.379 e. The molecule has 0 unspecified atom stereocenters. The number of ether oxygens (including phenoxy) is 1. The predicted octanol–water partition coefficient (Wildman–Crippen LogP) is 2.75. The predicted molar refractivity (Wildman–Crippen MR) is 86.3 cm³/mol. The van der Waals surface area contributed by atoms with E-state index in [1.165, 1.54) is 0 Å². The van der Waals surface area contributed by atoms with Crippen molar-refractivity contribution < 1.29 is 9.53 Å². The molecule has 0 atom stereocenters. The molecule has 1 amide bonds. The lowest BCUT2D eigenvalue weighted by molar-refractivity contribution is 0.0342. The Kier molecular flexibility index (Phi) is 4.77. The Morgan fingerprint density at radius 3 is 2.82 bits per heavy atom. The SMILES string of the molecule is O=C(Nc1ccc(CN2CCOCC2)c(Cl)c1)c1ccc[nH]1. The van der Waals surface area contributed by atoms with E-state index in [1.54, 1.807) is 24.4 Å². The number of carbonyl (C=O) groups excluding carboxylic acids is 1. The average molecular weight is 320 g/mol. The lowest BCUT2D eigenvalue weighted by atomic mass is 10.2. The highest BCUT2D eigenvalue weighted by molar-refractivity contribution is 6.31. The fraction of sp³-hybridized carbons (Fsp3) is 0.312. The van der Waals surface area contributed by atoms with E-state index in [0.29, 0.717) is 16.4 Å². The van der Waals surface area contributed by atoms with Crippen molar-refractivity contribution in [2.45, 2.75) is 6.54 Å². The first-order valence-corrected chi connectivity index (χ1v) is 7.63. The zero-order valence-corrected chi connectivity index (χ0v) is 12.9. The van der Waals surface area contributed by atoms with E-state index in [1.807, 2.05) is 12.1 Å². The molecular formula is C16H18ClN3O2. The Hall–Kier alpha value is -1.82. The molecule has 0 radical (unpaired) electrons. The van der Waals surface area contributed by atoms with Crippen LogP contribution >= 0.6 is 11.6 Å². The number of hydrogen-bond acceptors (Lipinski definition) is 3. The van der Waals surface area contributed by atoms with Crippen LogP contribution < -0.4 is 5.32 Å². The zero-order valence-electron chi connectivity index (χ0n) is 12.1. The first-order valence-electron chi connectivity index (χ1n) is 7.25. The maximum Gasteiger partial charge on any atom is 0.272 e. The summed E-state index contributed by atoms with van der Waals surface area (Å²) in [5.74, 6) is -0.179. The minimum atomic E-state index is -0.179. The summed E-state index contributed by atoms with van der Waals surface area (Å²) in [7, 11) is 0. The van der Waals surface area contributed by atoms with Crippen LogP contribution in [0.3, 0.4) is 0 Å². The van der Waals surface area contributed by atoms with Crippen LogP contribution in [0.15, 0.2) is 36.5 Å². The number of aromatic amines is 1. The van der Waals surface area contributed by atoms with E-state index in [4.69, 9.17) is 16.3 Å². The molecule has 1 aliphatic heterocycles. The number of nitrogens with one attached hydrogen (secondary N) is 2. The number of H-pyrrole nitrogens is 1. The second kappa shape index (κ2) is 6.96. The third-order valence-corrected chi connectivity index (χ3v) is 4.00. The molecule has 116 valence electrons. The first-order chi connectivity index (χ1) is 10.7. The molecule has 0 spiro atoms. The Bertz CT molecular complexity index is 637. The third kappa shape index (κ3) is 3.68. The topological polar surface area (TPSA) is 57.4 Å². The monoisotopic (exact) mass is 319 g/mol. The van der Waals surface area contributed by atoms with Crippen LogP contribution in [0.5, 0.6) is 0 Å². The van der Waals surface area contributed by atoms with Gasteiger partial charge >= 0.3 is 0 Å². The van der Waals surface area contributed by atoms with Crippen molar-refractivity contribution in [1.82, 2.24) is 9.88 Å². The Morgan fingerprint density at radius 2 is 2.14 bits per heavy atom. The molecule has 5 nitrogen and oxygen atoms in total. The van der Waals surface area contributed by atoms with Crippen LogP contribution in [0.4, 0.5) is 5.69 Å². The summed E-state index contributed by atoms with van der Waals surface area (Å²) in [5.41, 5.74) is 2.27. The Balaban J connectivity index is 1.65. The molecule has 22 heavy (non-hydrogen) atoms. The summed E-state index contributed by atoms with van der Waals surface area (Å²) in [6.07, 6.45) is 1.72. The number of carbonyl (C=O) groups is 1. The summed E-state index contributed by atoms with van der Waals surface area (Å²) < 4.78 is 5.34. The molecule has 1 fully saturated rings. The van der Waals surface area contributed by atoms with Gasteiger partial charge in [-0.2, -0.15) is 0 Å². The summed E-state index contributed by atoms with van der Waals surface area (Å²) in [6.45, 7) is 4.17.